The number of benzene rings is 1. The van der Waals surface area contributed by atoms with Gasteiger partial charge < -0.3 is 10.0 Å². The van der Waals surface area contributed by atoms with E-state index in [9.17, 15) is 9.90 Å². The van der Waals surface area contributed by atoms with Crippen molar-refractivity contribution >= 4 is 17.4 Å². The van der Waals surface area contributed by atoms with Gasteiger partial charge in [-0.1, -0.05) is 16.6 Å². The van der Waals surface area contributed by atoms with E-state index in [4.69, 9.17) is 0 Å². The summed E-state index contributed by atoms with van der Waals surface area (Å²) in [6.45, 7) is 1.48. The van der Waals surface area contributed by atoms with Crippen LogP contribution in [0.2, 0.25) is 0 Å². The number of carbonyl (C=O) groups excluding carboxylic acids is 1. The van der Waals surface area contributed by atoms with E-state index in [0.717, 1.165) is 25.9 Å². The minimum absolute atomic E-state index is 0.0251. The molecule has 1 aliphatic rings. The molecule has 0 saturated carbocycles. The van der Waals surface area contributed by atoms with Crippen molar-refractivity contribution in [2.45, 2.75) is 18.8 Å². The Morgan fingerprint density at radius 3 is 2.55 bits per heavy atom. The van der Waals surface area contributed by atoms with Crippen molar-refractivity contribution in [3.63, 3.8) is 0 Å². The van der Waals surface area contributed by atoms with Crippen LogP contribution in [0.4, 0.5) is 0 Å². The van der Waals surface area contributed by atoms with Gasteiger partial charge in [0.15, 0.2) is 5.69 Å². The van der Waals surface area contributed by atoms with Crippen LogP contribution in [-0.2, 0) is 0 Å². The van der Waals surface area contributed by atoms with Crippen molar-refractivity contribution < 1.29 is 9.90 Å². The summed E-state index contributed by atoms with van der Waals surface area (Å²) in [5.74, 6) is 0.716. The lowest BCUT2D eigenvalue weighted by atomic mass is 9.89. The number of nitrogens with zero attached hydrogens (tertiary/aromatic N) is 3. The van der Waals surface area contributed by atoms with Gasteiger partial charge >= 0.3 is 0 Å². The van der Waals surface area contributed by atoms with Gasteiger partial charge in [-0.3, -0.25) is 4.79 Å². The number of phenolic OH excluding ortho intramolecular Hbond substituents is 1. The van der Waals surface area contributed by atoms with Gasteiger partial charge in [-0.15, -0.1) is 5.10 Å². The first-order chi connectivity index (χ1) is 9.74. The summed E-state index contributed by atoms with van der Waals surface area (Å²) in [7, 11) is 0. The molecule has 1 saturated heterocycles. The third-order valence-corrected chi connectivity index (χ3v) is 4.23. The Morgan fingerprint density at radius 1 is 1.25 bits per heavy atom. The number of aromatic hydroxyl groups is 1. The Labute approximate surface area is 121 Å². The molecule has 5 nitrogen and oxygen atoms in total. The van der Waals surface area contributed by atoms with Crippen molar-refractivity contribution in [3.05, 3.63) is 40.9 Å². The van der Waals surface area contributed by atoms with Crippen LogP contribution in [-0.4, -0.2) is 38.6 Å². The predicted octanol–water partition coefficient (Wildman–Crippen LogP) is 2.26. The number of hydrogen-bond acceptors (Lipinski definition) is 5. The quantitative estimate of drug-likeness (QED) is 0.921. The molecule has 2 aromatic rings. The fourth-order valence-electron chi connectivity index (χ4n) is 2.58. The van der Waals surface area contributed by atoms with Crippen LogP contribution in [0.25, 0.3) is 0 Å². The first kappa shape index (κ1) is 13.1. The van der Waals surface area contributed by atoms with E-state index in [0.29, 0.717) is 11.6 Å². The molecule has 0 unspecified atom stereocenters. The maximum Gasteiger partial charge on any atom is 0.275 e. The van der Waals surface area contributed by atoms with Gasteiger partial charge in [0, 0.05) is 18.5 Å². The van der Waals surface area contributed by atoms with Crippen molar-refractivity contribution in [1.29, 1.82) is 0 Å². The van der Waals surface area contributed by atoms with E-state index in [-0.39, 0.29) is 11.7 Å². The number of phenols is 1. The SMILES string of the molecule is O=C(c1csnn1)N1CCC(c2ccc(O)cc2)CC1. The molecule has 1 N–H and O–H groups in total. The maximum atomic E-state index is 12.1. The molecular formula is C14H15N3O2S. The van der Waals surface area contributed by atoms with E-state index < -0.39 is 0 Å². The fraction of sp³-hybridized carbons (Fsp3) is 0.357. The molecule has 104 valence electrons. The average molecular weight is 289 g/mol. The van der Waals surface area contributed by atoms with E-state index in [1.54, 1.807) is 17.5 Å². The summed E-state index contributed by atoms with van der Waals surface area (Å²) in [4.78, 5) is 14.0. The molecule has 2 heterocycles. The largest absolute Gasteiger partial charge is 0.508 e. The Bertz CT molecular complexity index is 575. The average Bonchev–Trinajstić information content (AvgIpc) is 3.02. The van der Waals surface area contributed by atoms with E-state index in [2.05, 4.69) is 9.59 Å². The number of carbonyl (C=O) groups is 1. The van der Waals surface area contributed by atoms with Crippen LogP contribution in [0.5, 0.6) is 5.75 Å². The number of likely N-dealkylation sites (tertiary alicyclic amines) is 1. The van der Waals surface area contributed by atoms with E-state index in [1.807, 2.05) is 17.0 Å². The summed E-state index contributed by atoms with van der Waals surface area (Å²) < 4.78 is 3.73. The molecule has 0 radical (unpaired) electrons. The minimum atomic E-state index is -0.0251. The maximum absolute atomic E-state index is 12.1. The molecule has 0 spiro atoms. The monoisotopic (exact) mass is 289 g/mol. The second-order valence-electron chi connectivity index (χ2n) is 4.95. The normalized spacial score (nSPS) is 16.3. The highest BCUT2D eigenvalue weighted by Crippen LogP contribution is 2.29. The van der Waals surface area contributed by atoms with Gasteiger partial charge in [0.1, 0.15) is 5.75 Å². The smallest absolute Gasteiger partial charge is 0.275 e. The second-order valence-corrected chi connectivity index (χ2v) is 5.56. The molecule has 1 fully saturated rings. The summed E-state index contributed by atoms with van der Waals surface area (Å²) in [5, 5.41) is 14.8. The highest BCUT2D eigenvalue weighted by atomic mass is 32.1. The Kier molecular flexibility index (Phi) is 3.64. The zero-order valence-electron chi connectivity index (χ0n) is 10.9. The third-order valence-electron chi connectivity index (χ3n) is 3.73. The highest BCUT2D eigenvalue weighted by molar-refractivity contribution is 7.03. The third kappa shape index (κ3) is 2.65. The first-order valence-electron chi connectivity index (χ1n) is 6.59. The van der Waals surface area contributed by atoms with Crippen molar-refractivity contribution in [3.8, 4) is 5.75 Å². The number of rotatable bonds is 2. The highest BCUT2D eigenvalue weighted by Gasteiger charge is 2.25. The minimum Gasteiger partial charge on any atom is -0.508 e. The lowest BCUT2D eigenvalue weighted by molar-refractivity contribution is 0.0707. The molecule has 6 heteroatoms. The fourth-order valence-corrected chi connectivity index (χ4v) is 3.01. The number of amides is 1. The number of piperidine rings is 1. The molecule has 1 aromatic heterocycles. The number of hydrogen-bond donors (Lipinski definition) is 1. The Balaban J connectivity index is 1.62. The zero-order valence-corrected chi connectivity index (χ0v) is 11.7. The molecule has 0 bridgehead atoms. The first-order valence-corrected chi connectivity index (χ1v) is 7.43. The Hall–Kier alpha value is -1.95. The lowest BCUT2D eigenvalue weighted by Gasteiger charge is -2.31. The van der Waals surface area contributed by atoms with Crippen molar-refractivity contribution in [2.24, 2.45) is 0 Å². The molecule has 1 amide bonds. The van der Waals surface area contributed by atoms with Gasteiger partial charge in [-0.25, -0.2) is 0 Å². The van der Waals surface area contributed by atoms with Crippen molar-refractivity contribution in [2.75, 3.05) is 13.1 Å². The van der Waals surface area contributed by atoms with Crippen molar-refractivity contribution in [1.82, 2.24) is 14.5 Å². The van der Waals surface area contributed by atoms with E-state index >= 15 is 0 Å². The molecule has 1 aliphatic heterocycles. The lowest BCUT2D eigenvalue weighted by Crippen LogP contribution is -2.38. The second kappa shape index (κ2) is 5.58. The predicted molar refractivity (Wildman–Crippen MR) is 75.9 cm³/mol. The summed E-state index contributed by atoms with van der Waals surface area (Å²) in [6, 6.07) is 7.35. The van der Waals surface area contributed by atoms with Gasteiger partial charge in [-0.2, -0.15) is 0 Å². The summed E-state index contributed by atoms with van der Waals surface area (Å²) in [6.07, 6.45) is 1.88. The van der Waals surface area contributed by atoms with E-state index in [1.165, 1.54) is 17.1 Å². The van der Waals surface area contributed by atoms with Gasteiger partial charge in [0.25, 0.3) is 5.91 Å². The molecule has 0 aliphatic carbocycles. The topological polar surface area (TPSA) is 66.3 Å². The van der Waals surface area contributed by atoms with Crippen LogP contribution in [0.15, 0.2) is 29.6 Å². The summed E-state index contributed by atoms with van der Waals surface area (Å²) in [5.41, 5.74) is 1.67. The number of aromatic nitrogens is 2. The summed E-state index contributed by atoms with van der Waals surface area (Å²) >= 11 is 1.20. The molecule has 0 atom stereocenters. The zero-order chi connectivity index (χ0) is 13.9. The molecule has 3 rings (SSSR count). The van der Waals surface area contributed by atoms with Crippen LogP contribution in [0, 0.1) is 0 Å². The standard InChI is InChI=1S/C14H15N3O2S/c18-12-3-1-10(2-4-12)11-5-7-17(8-6-11)14(19)13-9-20-16-15-13/h1-4,9,11,18H,5-8H2. The molecule has 20 heavy (non-hydrogen) atoms. The molecule has 1 aromatic carbocycles. The van der Waals surface area contributed by atoms with Gasteiger partial charge in [0.05, 0.1) is 0 Å². The van der Waals surface area contributed by atoms with Gasteiger partial charge in [-0.05, 0) is 48.0 Å². The van der Waals surface area contributed by atoms with Crippen LogP contribution in [0.3, 0.4) is 0 Å². The van der Waals surface area contributed by atoms with Crippen LogP contribution < -0.4 is 0 Å². The van der Waals surface area contributed by atoms with Crippen LogP contribution >= 0.6 is 11.5 Å². The van der Waals surface area contributed by atoms with Crippen LogP contribution in [0.1, 0.15) is 34.8 Å². The van der Waals surface area contributed by atoms with Gasteiger partial charge in [0.2, 0.25) is 0 Å². The molecular weight excluding hydrogens is 274 g/mol. The Morgan fingerprint density at radius 2 is 1.95 bits per heavy atom.